The second-order valence-corrected chi connectivity index (χ2v) is 6.06. The number of ether oxygens (including phenoxy) is 4. The van der Waals surface area contributed by atoms with Gasteiger partial charge in [-0.05, 0) is 30.7 Å². The van der Waals surface area contributed by atoms with Crippen LogP contribution in [-0.2, 0) is 9.53 Å². The van der Waals surface area contributed by atoms with Gasteiger partial charge in [-0.25, -0.2) is 4.79 Å². The lowest BCUT2D eigenvalue weighted by Crippen LogP contribution is -2.14. The summed E-state index contributed by atoms with van der Waals surface area (Å²) < 4.78 is 21.4. The molecule has 0 bridgehead atoms. The maximum absolute atomic E-state index is 12.8. The minimum atomic E-state index is -0.508. The van der Waals surface area contributed by atoms with Crippen LogP contribution in [0.15, 0.2) is 54.8 Å². The van der Waals surface area contributed by atoms with Crippen LogP contribution < -0.4 is 14.2 Å². The van der Waals surface area contributed by atoms with Crippen LogP contribution in [0.4, 0.5) is 0 Å². The van der Waals surface area contributed by atoms with E-state index in [1.165, 1.54) is 6.08 Å². The van der Waals surface area contributed by atoms with Gasteiger partial charge in [0.1, 0.15) is 23.9 Å². The van der Waals surface area contributed by atoms with Crippen molar-refractivity contribution < 1.29 is 28.5 Å². The molecule has 0 atom stereocenters. The number of benzene rings is 2. The Balaban J connectivity index is 1.81. The Morgan fingerprint density at radius 1 is 1.25 bits per heavy atom. The third-order valence-corrected chi connectivity index (χ3v) is 4.09. The fourth-order valence-corrected chi connectivity index (χ4v) is 2.82. The molecular weight excluding hydrogens is 360 g/mol. The molecule has 144 valence electrons. The van der Waals surface area contributed by atoms with E-state index < -0.39 is 5.97 Å². The summed E-state index contributed by atoms with van der Waals surface area (Å²) in [5.74, 6) is 0.923. The number of carbonyl (C=O) groups excluding carboxylic acids is 2. The summed E-state index contributed by atoms with van der Waals surface area (Å²) in [6, 6.07) is 10.6. The standard InChI is InChI=1S/C22H20O6/c1-4-9-26-20(23)13-27-16-10-14(2)21-18(12-16)28-19(22(21)24)11-15-7-5-6-8-17(15)25-3/h4-8,10-12H,1,9,13H2,2-3H3/b19-11-. The van der Waals surface area contributed by atoms with E-state index in [0.29, 0.717) is 28.4 Å². The molecule has 0 N–H and O–H groups in total. The largest absolute Gasteiger partial charge is 0.496 e. The van der Waals surface area contributed by atoms with Gasteiger partial charge in [-0.2, -0.15) is 0 Å². The number of hydrogen-bond donors (Lipinski definition) is 0. The number of methoxy groups -OCH3 is 1. The Morgan fingerprint density at radius 2 is 2.04 bits per heavy atom. The predicted octanol–water partition coefficient (Wildman–Crippen LogP) is 3.73. The molecule has 1 heterocycles. The number of hydrogen-bond acceptors (Lipinski definition) is 6. The number of Topliss-reactive ketones (excluding diaryl/α,β-unsaturated/α-hetero) is 1. The quantitative estimate of drug-likeness (QED) is 0.414. The van der Waals surface area contributed by atoms with Gasteiger partial charge in [0.05, 0.1) is 12.7 Å². The molecule has 2 aromatic rings. The van der Waals surface area contributed by atoms with E-state index in [-0.39, 0.29) is 24.8 Å². The van der Waals surface area contributed by atoms with Crippen molar-refractivity contribution in [3.63, 3.8) is 0 Å². The fraction of sp³-hybridized carbons (Fsp3) is 0.182. The van der Waals surface area contributed by atoms with Crippen molar-refractivity contribution in [2.24, 2.45) is 0 Å². The molecule has 0 radical (unpaired) electrons. The molecule has 28 heavy (non-hydrogen) atoms. The number of rotatable bonds is 7. The topological polar surface area (TPSA) is 71.1 Å². The number of carbonyl (C=O) groups is 2. The third kappa shape index (κ3) is 4.06. The molecule has 6 nitrogen and oxygen atoms in total. The molecule has 0 saturated carbocycles. The molecule has 1 aliphatic rings. The molecule has 0 aromatic heterocycles. The zero-order valence-corrected chi connectivity index (χ0v) is 15.7. The summed E-state index contributed by atoms with van der Waals surface area (Å²) in [4.78, 5) is 24.3. The Bertz CT molecular complexity index is 957. The van der Waals surface area contributed by atoms with Gasteiger partial charge in [0.25, 0.3) is 0 Å². The van der Waals surface area contributed by atoms with Gasteiger partial charge in [-0.3, -0.25) is 4.79 Å². The van der Waals surface area contributed by atoms with Gasteiger partial charge in [-0.1, -0.05) is 30.9 Å². The lowest BCUT2D eigenvalue weighted by molar-refractivity contribution is -0.144. The highest BCUT2D eigenvalue weighted by Gasteiger charge is 2.30. The summed E-state index contributed by atoms with van der Waals surface area (Å²) in [5, 5.41) is 0. The number of para-hydroxylation sites is 1. The van der Waals surface area contributed by atoms with Crippen molar-refractivity contribution in [3.05, 3.63) is 71.5 Å². The number of esters is 1. The van der Waals surface area contributed by atoms with Gasteiger partial charge < -0.3 is 18.9 Å². The summed E-state index contributed by atoms with van der Waals surface area (Å²) in [5.41, 5.74) is 1.91. The van der Waals surface area contributed by atoms with E-state index in [4.69, 9.17) is 18.9 Å². The van der Waals surface area contributed by atoms with Crippen LogP contribution in [0.25, 0.3) is 6.08 Å². The van der Waals surface area contributed by atoms with Crippen LogP contribution in [0.3, 0.4) is 0 Å². The summed E-state index contributed by atoms with van der Waals surface area (Å²) in [7, 11) is 1.57. The van der Waals surface area contributed by atoms with E-state index in [0.717, 1.165) is 5.56 Å². The zero-order valence-electron chi connectivity index (χ0n) is 15.7. The van der Waals surface area contributed by atoms with Crippen molar-refractivity contribution in [2.75, 3.05) is 20.3 Å². The van der Waals surface area contributed by atoms with E-state index in [1.807, 2.05) is 24.3 Å². The SMILES string of the molecule is C=CCOC(=O)COc1cc(C)c2c(c1)O/C(=C\c1ccccc1OC)C2=O. The van der Waals surface area contributed by atoms with Crippen LogP contribution >= 0.6 is 0 Å². The highest BCUT2D eigenvalue weighted by atomic mass is 16.6. The summed E-state index contributed by atoms with van der Waals surface area (Å²) in [6.45, 7) is 5.14. The molecule has 2 aromatic carbocycles. The smallest absolute Gasteiger partial charge is 0.344 e. The Labute approximate surface area is 163 Å². The first-order valence-electron chi connectivity index (χ1n) is 8.64. The van der Waals surface area contributed by atoms with Crippen molar-refractivity contribution in [1.29, 1.82) is 0 Å². The zero-order chi connectivity index (χ0) is 20.1. The minimum Gasteiger partial charge on any atom is -0.496 e. The lowest BCUT2D eigenvalue weighted by atomic mass is 10.0. The normalized spacial score (nSPS) is 13.6. The maximum atomic E-state index is 12.8. The molecule has 0 aliphatic carbocycles. The van der Waals surface area contributed by atoms with Gasteiger partial charge in [0, 0.05) is 11.6 Å². The van der Waals surface area contributed by atoms with E-state index in [1.54, 1.807) is 32.2 Å². The van der Waals surface area contributed by atoms with Crippen molar-refractivity contribution >= 4 is 17.8 Å². The van der Waals surface area contributed by atoms with Crippen LogP contribution in [0.2, 0.25) is 0 Å². The highest BCUT2D eigenvalue weighted by Crippen LogP contribution is 2.38. The first-order valence-corrected chi connectivity index (χ1v) is 8.64. The van der Waals surface area contributed by atoms with Crippen molar-refractivity contribution in [1.82, 2.24) is 0 Å². The summed E-state index contributed by atoms with van der Waals surface area (Å²) >= 11 is 0. The number of fused-ring (bicyclic) bond motifs is 1. The van der Waals surface area contributed by atoms with Gasteiger partial charge >= 0.3 is 5.97 Å². The monoisotopic (exact) mass is 380 g/mol. The lowest BCUT2D eigenvalue weighted by Gasteiger charge is -2.08. The van der Waals surface area contributed by atoms with E-state index in [2.05, 4.69) is 6.58 Å². The third-order valence-electron chi connectivity index (χ3n) is 4.09. The van der Waals surface area contributed by atoms with Crippen LogP contribution in [0, 0.1) is 6.92 Å². The van der Waals surface area contributed by atoms with E-state index in [9.17, 15) is 9.59 Å². The molecule has 6 heteroatoms. The Hall–Kier alpha value is -3.54. The Morgan fingerprint density at radius 3 is 2.79 bits per heavy atom. The minimum absolute atomic E-state index is 0.125. The first-order chi connectivity index (χ1) is 13.5. The molecule has 1 aliphatic heterocycles. The number of aryl methyl sites for hydroxylation is 1. The van der Waals surface area contributed by atoms with Crippen molar-refractivity contribution in [3.8, 4) is 17.2 Å². The average Bonchev–Trinajstić information content (AvgIpc) is 3.01. The first kappa shape index (κ1) is 19.2. The molecule has 0 amide bonds. The van der Waals surface area contributed by atoms with Crippen LogP contribution in [0.5, 0.6) is 17.2 Å². The van der Waals surface area contributed by atoms with Crippen LogP contribution in [-0.4, -0.2) is 32.1 Å². The number of ketones is 1. The Kier molecular flexibility index (Phi) is 5.79. The number of allylic oxidation sites excluding steroid dienone is 1. The molecule has 0 spiro atoms. The molecular formula is C22H20O6. The highest BCUT2D eigenvalue weighted by molar-refractivity contribution is 6.15. The van der Waals surface area contributed by atoms with E-state index >= 15 is 0 Å². The molecule has 0 fully saturated rings. The summed E-state index contributed by atoms with van der Waals surface area (Å²) in [6.07, 6.45) is 3.13. The molecule has 0 saturated heterocycles. The van der Waals surface area contributed by atoms with Crippen molar-refractivity contribution in [2.45, 2.75) is 6.92 Å². The van der Waals surface area contributed by atoms with Gasteiger partial charge in [-0.15, -0.1) is 0 Å². The molecule has 0 unspecified atom stereocenters. The maximum Gasteiger partial charge on any atom is 0.344 e. The predicted molar refractivity (Wildman–Crippen MR) is 104 cm³/mol. The second-order valence-electron chi connectivity index (χ2n) is 6.06. The average molecular weight is 380 g/mol. The van der Waals surface area contributed by atoms with Gasteiger partial charge in [0.2, 0.25) is 5.78 Å². The second kappa shape index (κ2) is 8.43. The molecule has 3 rings (SSSR count). The van der Waals surface area contributed by atoms with Gasteiger partial charge in [0.15, 0.2) is 12.4 Å². The van der Waals surface area contributed by atoms with Crippen LogP contribution in [0.1, 0.15) is 21.5 Å². The fourth-order valence-electron chi connectivity index (χ4n) is 2.82.